The van der Waals surface area contributed by atoms with Gasteiger partial charge < -0.3 is 9.13 Å². The molecule has 0 unspecified atom stereocenters. The second kappa shape index (κ2) is 10.6. The zero-order valence-corrected chi connectivity index (χ0v) is 29.9. The Kier molecular flexibility index (Phi) is 6.68. The van der Waals surface area contributed by atoms with E-state index in [1.54, 1.807) is 5.20 Å². The van der Waals surface area contributed by atoms with E-state index < -0.39 is 16.1 Å². The largest absolute Gasteiger partial charge is 0.313 e. The predicted octanol–water partition coefficient (Wildman–Crippen LogP) is 11.1. The van der Waals surface area contributed by atoms with Gasteiger partial charge in [-0.3, -0.25) is 0 Å². The fourth-order valence-electron chi connectivity index (χ4n) is 7.48. The number of allylic oxidation sites excluding steroid dienone is 1. The summed E-state index contributed by atoms with van der Waals surface area (Å²) in [6.07, 6.45) is 4.77. The Morgan fingerprint density at radius 2 is 1.09 bits per heavy atom. The lowest BCUT2D eigenvalue weighted by molar-refractivity contribution is 0.874. The molecule has 0 spiro atoms. The van der Waals surface area contributed by atoms with Crippen molar-refractivity contribution >= 4 is 60.1 Å². The van der Waals surface area contributed by atoms with Crippen LogP contribution in [0.5, 0.6) is 0 Å². The summed E-state index contributed by atoms with van der Waals surface area (Å²) >= 11 is 0. The van der Waals surface area contributed by atoms with Crippen molar-refractivity contribution in [3.63, 3.8) is 0 Å². The molecular weight excluding hydrogens is 589 g/mol. The molecule has 7 aromatic rings. The number of aromatic nitrogens is 2. The molecule has 4 heteroatoms. The third-order valence-corrected chi connectivity index (χ3v) is 14.4. The fourth-order valence-corrected chi connectivity index (χ4v) is 10.1. The number of hydrogen-bond acceptors (Lipinski definition) is 0. The summed E-state index contributed by atoms with van der Waals surface area (Å²) in [6, 6.07) is 43.3. The van der Waals surface area contributed by atoms with Crippen LogP contribution in [0.2, 0.25) is 39.3 Å². The molecular formula is C42H42N2Si2. The van der Waals surface area contributed by atoms with Crippen molar-refractivity contribution in [2.24, 2.45) is 0 Å². The van der Waals surface area contributed by atoms with Crippen molar-refractivity contribution in [2.75, 3.05) is 0 Å². The predicted molar refractivity (Wildman–Crippen MR) is 206 cm³/mol. The maximum Gasteiger partial charge on any atom is 0.0776 e. The molecule has 5 aromatic carbocycles. The highest BCUT2D eigenvalue weighted by molar-refractivity contribution is 6.88. The van der Waals surface area contributed by atoms with Crippen LogP contribution in [0.15, 0.2) is 120 Å². The monoisotopic (exact) mass is 630 g/mol. The van der Waals surface area contributed by atoms with Crippen LogP contribution in [-0.2, 0) is 6.42 Å². The van der Waals surface area contributed by atoms with Gasteiger partial charge in [0.25, 0.3) is 0 Å². The lowest BCUT2D eigenvalue weighted by atomic mass is 10.0. The van der Waals surface area contributed by atoms with Crippen molar-refractivity contribution in [1.29, 1.82) is 0 Å². The number of benzene rings is 5. The summed E-state index contributed by atoms with van der Waals surface area (Å²) in [7, 11) is -2.88. The second-order valence-corrected chi connectivity index (χ2v) is 25.3. The molecule has 0 N–H and O–H groups in total. The molecule has 0 fully saturated rings. The third kappa shape index (κ3) is 4.74. The Balaban J connectivity index is 1.44. The number of rotatable bonds is 5. The van der Waals surface area contributed by atoms with Crippen molar-refractivity contribution in [2.45, 2.75) is 52.1 Å². The average Bonchev–Trinajstić information content (AvgIpc) is 3.56. The normalized spacial score (nSPS) is 13.8. The molecule has 2 aromatic heterocycles. The van der Waals surface area contributed by atoms with E-state index in [1.165, 1.54) is 71.7 Å². The molecule has 0 aliphatic heterocycles. The molecule has 1 aliphatic rings. The van der Waals surface area contributed by atoms with Crippen LogP contribution in [0.1, 0.15) is 17.7 Å². The zero-order valence-electron chi connectivity index (χ0n) is 27.9. The van der Waals surface area contributed by atoms with Gasteiger partial charge in [0.15, 0.2) is 0 Å². The maximum absolute atomic E-state index is 2.56. The molecule has 0 bridgehead atoms. The minimum absolute atomic E-state index is 1.07. The summed E-state index contributed by atoms with van der Waals surface area (Å²) < 4.78 is 5.06. The number of fused-ring (bicyclic) bond motifs is 6. The Morgan fingerprint density at radius 3 is 1.78 bits per heavy atom. The molecule has 228 valence electrons. The van der Waals surface area contributed by atoms with Gasteiger partial charge in [-0.1, -0.05) is 135 Å². The first-order valence-corrected chi connectivity index (χ1v) is 23.7. The highest BCUT2D eigenvalue weighted by Crippen LogP contribution is 2.40. The SMILES string of the molecule is C[Si](C)(C)C1=Cc2c(n(-c3cc(-c4ccccc4)cc(-n4c5ccccc5c5cc([Si](C)(C)C)ccc54)c3)c3ccccc23)CC1. The summed E-state index contributed by atoms with van der Waals surface area (Å²) in [5, 5.41) is 7.19. The van der Waals surface area contributed by atoms with Gasteiger partial charge in [-0.25, -0.2) is 0 Å². The second-order valence-electron chi connectivity index (χ2n) is 15.1. The number of nitrogens with zero attached hydrogens (tertiary/aromatic N) is 2. The lowest BCUT2D eigenvalue weighted by Crippen LogP contribution is -2.37. The highest BCUT2D eigenvalue weighted by atomic mass is 28.3. The van der Waals surface area contributed by atoms with Crippen molar-refractivity contribution < 1.29 is 0 Å². The summed E-state index contributed by atoms with van der Waals surface area (Å²) in [5.74, 6) is 0. The summed E-state index contributed by atoms with van der Waals surface area (Å²) in [4.78, 5) is 0. The van der Waals surface area contributed by atoms with E-state index in [4.69, 9.17) is 0 Å². The molecule has 0 amide bonds. The molecule has 8 rings (SSSR count). The maximum atomic E-state index is 2.56. The van der Waals surface area contributed by atoms with Crippen molar-refractivity contribution in [3.8, 4) is 22.5 Å². The number of para-hydroxylation sites is 2. The Morgan fingerprint density at radius 1 is 0.478 bits per heavy atom. The van der Waals surface area contributed by atoms with Gasteiger partial charge in [0.05, 0.1) is 32.7 Å². The van der Waals surface area contributed by atoms with Gasteiger partial charge in [0.1, 0.15) is 0 Å². The van der Waals surface area contributed by atoms with E-state index in [-0.39, 0.29) is 0 Å². The molecule has 46 heavy (non-hydrogen) atoms. The van der Waals surface area contributed by atoms with E-state index in [0.29, 0.717) is 0 Å². The van der Waals surface area contributed by atoms with Crippen LogP contribution in [0, 0.1) is 0 Å². The molecule has 2 nitrogen and oxygen atoms in total. The molecule has 2 heterocycles. The molecule has 0 radical (unpaired) electrons. The molecule has 0 saturated carbocycles. The van der Waals surface area contributed by atoms with Crippen LogP contribution >= 0.6 is 0 Å². The van der Waals surface area contributed by atoms with Gasteiger partial charge in [0, 0.05) is 38.8 Å². The Labute approximate surface area is 274 Å². The Bertz CT molecular complexity index is 2320. The van der Waals surface area contributed by atoms with Crippen LogP contribution in [0.25, 0.3) is 61.3 Å². The van der Waals surface area contributed by atoms with Gasteiger partial charge in [-0.2, -0.15) is 0 Å². The van der Waals surface area contributed by atoms with Crippen molar-refractivity contribution in [1.82, 2.24) is 9.13 Å². The quantitative estimate of drug-likeness (QED) is 0.167. The molecule has 0 atom stereocenters. The summed E-state index contributed by atoms with van der Waals surface area (Å²) in [6.45, 7) is 14.8. The van der Waals surface area contributed by atoms with Gasteiger partial charge in [-0.15, -0.1) is 0 Å². The first kappa shape index (κ1) is 29.0. The van der Waals surface area contributed by atoms with E-state index in [9.17, 15) is 0 Å². The third-order valence-electron chi connectivity index (χ3n) is 9.99. The topological polar surface area (TPSA) is 9.86 Å². The van der Waals surface area contributed by atoms with Crippen LogP contribution in [0.3, 0.4) is 0 Å². The standard InChI is InChI=1S/C42H42N2Si2/c1-45(2,3)33-20-22-41-37(27-33)35-16-10-12-18-39(35)43(41)31-24-30(29-14-8-7-9-15-29)25-32(26-31)44-40-19-13-11-17-36(40)38-28-34(46(4,5)6)21-23-42(38)44/h7-20,22,24-28H,21,23H2,1-6H3. The van der Waals surface area contributed by atoms with E-state index in [0.717, 1.165) is 12.8 Å². The fraction of sp³-hybridized carbons (Fsp3) is 0.190. The van der Waals surface area contributed by atoms with Crippen LogP contribution in [0.4, 0.5) is 0 Å². The molecule has 1 aliphatic carbocycles. The molecule has 0 saturated heterocycles. The van der Waals surface area contributed by atoms with Crippen LogP contribution < -0.4 is 5.19 Å². The first-order valence-electron chi connectivity index (χ1n) is 16.7. The van der Waals surface area contributed by atoms with E-state index in [2.05, 4.69) is 170 Å². The van der Waals surface area contributed by atoms with Crippen molar-refractivity contribution in [3.05, 3.63) is 132 Å². The van der Waals surface area contributed by atoms with Gasteiger partial charge in [0.2, 0.25) is 0 Å². The lowest BCUT2D eigenvalue weighted by Gasteiger charge is -2.25. The first-order chi connectivity index (χ1) is 22.1. The van der Waals surface area contributed by atoms with E-state index >= 15 is 0 Å². The minimum Gasteiger partial charge on any atom is -0.313 e. The Hall–Kier alpha value is -4.39. The highest BCUT2D eigenvalue weighted by Gasteiger charge is 2.27. The zero-order chi connectivity index (χ0) is 31.8. The average molecular weight is 631 g/mol. The van der Waals surface area contributed by atoms with Crippen LogP contribution in [-0.4, -0.2) is 25.3 Å². The minimum atomic E-state index is -1.48. The number of hydrogen-bond donors (Lipinski definition) is 0. The van der Waals surface area contributed by atoms with Gasteiger partial charge >= 0.3 is 0 Å². The van der Waals surface area contributed by atoms with Gasteiger partial charge in [-0.05, 0) is 60.4 Å². The smallest absolute Gasteiger partial charge is 0.0776 e. The summed E-state index contributed by atoms with van der Waals surface area (Å²) in [5.41, 5.74) is 11.6. The van der Waals surface area contributed by atoms with E-state index in [1.807, 2.05) is 0 Å².